The van der Waals surface area contributed by atoms with Crippen molar-refractivity contribution >= 4 is 40.7 Å². The minimum atomic E-state index is -0.260. The number of hydrogen-bond donors (Lipinski definition) is 0. The van der Waals surface area contributed by atoms with Gasteiger partial charge in [-0.3, -0.25) is 4.79 Å². The smallest absolute Gasteiger partial charge is 0.409 e. The molecule has 0 N–H and O–H groups in total. The summed E-state index contributed by atoms with van der Waals surface area (Å²) in [6, 6.07) is 20.6. The van der Waals surface area contributed by atoms with Gasteiger partial charge in [-0.25, -0.2) is 4.79 Å². The van der Waals surface area contributed by atoms with Crippen molar-refractivity contribution in [2.75, 3.05) is 37.7 Å². The van der Waals surface area contributed by atoms with Crippen LogP contribution in [0.4, 0.5) is 10.5 Å². The number of benzene rings is 3. The minimum Gasteiger partial charge on any atom is -0.448 e. The molecule has 0 spiro atoms. The van der Waals surface area contributed by atoms with Gasteiger partial charge >= 0.3 is 6.09 Å². The van der Waals surface area contributed by atoms with Gasteiger partial charge < -0.3 is 14.5 Å². The van der Waals surface area contributed by atoms with Gasteiger partial charge in [0.05, 0.1) is 0 Å². The highest BCUT2D eigenvalue weighted by Crippen LogP contribution is 2.44. The van der Waals surface area contributed by atoms with E-state index in [1.165, 1.54) is 22.3 Å². The van der Waals surface area contributed by atoms with Crippen LogP contribution in [0.2, 0.25) is 0 Å². The molecule has 0 saturated carbocycles. The first kappa shape index (κ1) is 21.9. The standard InChI is InChI=1S/C27H25IN2O3/c1-18-25(28)14-19(16-31)15-26(18)29-10-12-30(13-11-29)27(32)33-17-24-22-8-4-2-6-20(22)21-7-3-5-9-23(21)24/h2-9,14-16,24H,10-13,17H2,1H3. The molecule has 0 aromatic heterocycles. The Labute approximate surface area is 207 Å². The summed E-state index contributed by atoms with van der Waals surface area (Å²) < 4.78 is 6.90. The maximum Gasteiger partial charge on any atom is 0.409 e. The van der Waals surface area contributed by atoms with E-state index in [2.05, 4.69) is 70.8 Å². The van der Waals surface area contributed by atoms with Gasteiger partial charge in [-0.2, -0.15) is 0 Å². The maximum absolute atomic E-state index is 12.9. The molecule has 0 radical (unpaired) electrons. The molecule has 1 aliphatic carbocycles. The molecule has 5 rings (SSSR count). The summed E-state index contributed by atoms with van der Waals surface area (Å²) in [6.07, 6.45) is 0.627. The Kier molecular flexibility index (Phi) is 6.10. The van der Waals surface area contributed by atoms with Crippen LogP contribution in [0.5, 0.6) is 0 Å². The lowest BCUT2D eigenvalue weighted by Crippen LogP contribution is -2.49. The monoisotopic (exact) mass is 552 g/mol. The van der Waals surface area contributed by atoms with Gasteiger partial charge in [0, 0.05) is 46.9 Å². The van der Waals surface area contributed by atoms with Crippen molar-refractivity contribution in [1.82, 2.24) is 4.90 Å². The summed E-state index contributed by atoms with van der Waals surface area (Å²) >= 11 is 2.27. The zero-order chi connectivity index (χ0) is 22.9. The predicted molar refractivity (Wildman–Crippen MR) is 138 cm³/mol. The van der Waals surface area contributed by atoms with Crippen molar-refractivity contribution in [2.24, 2.45) is 0 Å². The fourth-order valence-electron chi connectivity index (χ4n) is 4.90. The van der Waals surface area contributed by atoms with Crippen LogP contribution in [-0.4, -0.2) is 50.1 Å². The zero-order valence-corrected chi connectivity index (χ0v) is 20.6. The lowest BCUT2D eigenvalue weighted by Gasteiger charge is -2.36. The lowest BCUT2D eigenvalue weighted by atomic mass is 9.98. The first-order chi connectivity index (χ1) is 16.1. The van der Waals surface area contributed by atoms with Crippen LogP contribution in [0.3, 0.4) is 0 Å². The fourth-order valence-corrected chi connectivity index (χ4v) is 5.53. The molecule has 33 heavy (non-hydrogen) atoms. The largest absolute Gasteiger partial charge is 0.448 e. The summed E-state index contributed by atoms with van der Waals surface area (Å²) in [6.45, 7) is 5.03. The molecule has 1 saturated heterocycles. The molecule has 6 heteroatoms. The zero-order valence-electron chi connectivity index (χ0n) is 18.5. The Morgan fingerprint density at radius 1 is 1.00 bits per heavy atom. The Morgan fingerprint density at radius 3 is 2.21 bits per heavy atom. The van der Waals surface area contributed by atoms with Crippen LogP contribution in [0.25, 0.3) is 11.1 Å². The highest BCUT2D eigenvalue weighted by molar-refractivity contribution is 14.1. The first-order valence-corrected chi connectivity index (χ1v) is 12.2. The van der Waals surface area contributed by atoms with Crippen LogP contribution in [0.15, 0.2) is 60.7 Å². The molecule has 0 unspecified atom stereocenters. The molecule has 0 atom stereocenters. The van der Waals surface area contributed by atoms with Crippen molar-refractivity contribution in [3.63, 3.8) is 0 Å². The van der Waals surface area contributed by atoms with Crippen molar-refractivity contribution in [1.29, 1.82) is 0 Å². The molecule has 1 amide bonds. The number of hydrogen-bond acceptors (Lipinski definition) is 4. The molecule has 0 bridgehead atoms. The number of fused-ring (bicyclic) bond motifs is 3. The average molecular weight is 552 g/mol. The topological polar surface area (TPSA) is 49.9 Å². The Bertz CT molecular complexity index is 1170. The molecule has 3 aromatic rings. The number of amides is 1. The summed E-state index contributed by atoms with van der Waals surface area (Å²) in [5.74, 6) is 0.0680. The number of halogens is 1. The molecule has 168 valence electrons. The second-order valence-corrected chi connectivity index (χ2v) is 9.70. The van der Waals surface area contributed by atoms with E-state index >= 15 is 0 Å². The van der Waals surface area contributed by atoms with E-state index in [1.807, 2.05) is 24.3 Å². The third-order valence-electron chi connectivity index (χ3n) is 6.69. The van der Waals surface area contributed by atoms with Gasteiger partial charge in [0.2, 0.25) is 0 Å². The Morgan fingerprint density at radius 2 is 1.61 bits per heavy atom. The normalized spacial score (nSPS) is 15.2. The third-order valence-corrected chi connectivity index (χ3v) is 7.81. The summed E-state index contributed by atoms with van der Waals surface area (Å²) in [4.78, 5) is 28.2. The van der Waals surface area contributed by atoms with Crippen molar-refractivity contribution in [2.45, 2.75) is 12.8 Å². The molecule has 1 aliphatic heterocycles. The van der Waals surface area contributed by atoms with Crippen molar-refractivity contribution in [3.05, 3.63) is 86.5 Å². The molecule has 5 nitrogen and oxygen atoms in total. The van der Waals surface area contributed by atoms with Gasteiger partial charge in [-0.15, -0.1) is 0 Å². The number of aldehydes is 1. The average Bonchev–Trinajstić information content (AvgIpc) is 3.18. The van der Waals surface area contributed by atoms with Crippen LogP contribution >= 0.6 is 22.6 Å². The van der Waals surface area contributed by atoms with E-state index in [0.717, 1.165) is 21.1 Å². The van der Waals surface area contributed by atoms with E-state index in [9.17, 15) is 9.59 Å². The van der Waals surface area contributed by atoms with Gasteiger partial charge in [-0.05, 0) is 69.5 Å². The number of carbonyl (C=O) groups is 2. The van der Waals surface area contributed by atoms with Crippen molar-refractivity contribution < 1.29 is 14.3 Å². The van der Waals surface area contributed by atoms with Crippen LogP contribution in [0.1, 0.15) is 33.0 Å². The van der Waals surface area contributed by atoms with E-state index in [4.69, 9.17) is 4.74 Å². The number of ether oxygens (including phenoxy) is 1. The summed E-state index contributed by atoms with van der Waals surface area (Å²) in [5.41, 5.74) is 7.80. The predicted octanol–water partition coefficient (Wildman–Crippen LogP) is 5.48. The summed E-state index contributed by atoms with van der Waals surface area (Å²) in [7, 11) is 0. The number of carbonyl (C=O) groups excluding carboxylic acids is 2. The quantitative estimate of drug-likeness (QED) is 0.318. The number of piperazine rings is 1. The van der Waals surface area contributed by atoms with E-state index in [0.29, 0.717) is 38.3 Å². The van der Waals surface area contributed by atoms with E-state index in [-0.39, 0.29) is 12.0 Å². The highest BCUT2D eigenvalue weighted by Gasteiger charge is 2.30. The number of nitrogens with zero attached hydrogens (tertiary/aromatic N) is 2. The number of rotatable bonds is 4. The molecule has 2 aliphatic rings. The van der Waals surface area contributed by atoms with Gasteiger partial charge in [0.25, 0.3) is 0 Å². The van der Waals surface area contributed by atoms with E-state index in [1.54, 1.807) is 4.90 Å². The van der Waals surface area contributed by atoms with Crippen LogP contribution in [0, 0.1) is 10.5 Å². The number of anilines is 1. The summed E-state index contributed by atoms with van der Waals surface area (Å²) in [5, 5.41) is 0. The SMILES string of the molecule is Cc1c(I)cc(C=O)cc1N1CCN(C(=O)OCC2c3ccccc3-c3ccccc32)CC1. The minimum absolute atomic E-state index is 0.0680. The molecular weight excluding hydrogens is 527 g/mol. The molecule has 3 aromatic carbocycles. The highest BCUT2D eigenvalue weighted by atomic mass is 127. The van der Waals surface area contributed by atoms with Crippen LogP contribution in [-0.2, 0) is 4.74 Å². The Hall–Kier alpha value is -2.87. The maximum atomic E-state index is 12.9. The third kappa shape index (κ3) is 4.12. The van der Waals surface area contributed by atoms with Crippen LogP contribution < -0.4 is 4.90 Å². The molecule has 1 fully saturated rings. The Balaban J connectivity index is 1.23. The first-order valence-electron chi connectivity index (χ1n) is 11.2. The fraction of sp³-hybridized carbons (Fsp3) is 0.259. The molecular formula is C27H25IN2O3. The van der Waals surface area contributed by atoms with E-state index < -0.39 is 0 Å². The van der Waals surface area contributed by atoms with Gasteiger partial charge in [0.15, 0.2) is 0 Å². The van der Waals surface area contributed by atoms with Gasteiger partial charge in [0.1, 0.15) is 12.9 Å². The van der Waals surface area contributed by atoms with Gasteiger partial charge in [-0.1, -0.05) is 48.5 Å². The van der Waals surface area contributed by atoms with Crippen molar-refractivity contribution in [3.8, 4) is 11.1 Å². The lowest BCUT2D eigenvalue weighted by molar-refractivity contribution is 0.0976. The second-order valence-electron chi connectivity index (χ2n) is 8.54. The second kappa shape index (κ2) is 9.17. The molecule has 1 heterocycles.